The summed E-state index contributed by atoms with van der Waals surface area (Å²) in [6, 6.07) is 12.2. The van der Waals surface area contributed by atoms with Crippen molar-refractivity contribution in [1.82, 2.24) is 14.5 Å². The van der Waals surface area contributed by atoms with E-state index >= 15 is 0 Å². The van der Waals surface area contributed by atoms with Crippen LogP contribution in [0.3, 0.4) is 0 Å². The van der Waals surface area contributed by atoms with E-state index in [1.807, 2.05) is 22.9 Å². The fraction of sp³-hybridized carbons (Fsp3) is 0.0667. The van der Waals surface area contributed by atoms with Gasteiger partial charge in [0.05, 0.1) is 11.9 Å². The predicted octanol–water partition coefficient (Wildman–Crippen LogP) is 3.53. The van der Waals surface area contributed by atoms with E-state index in [0.717, 1.165) is 22.0 Å². The van der Waals surface area contributed by atoms with E-state index in [2.05, 4.69) is 53.8 Å². The molecular formula is C15H13N3S. The standard InChI is InChI=1S/C15H13N3S/c1-11-2-4-12(5-3-11)14-9-16-10-18(14)15-7-6-13(19)8-17-15/h2-10,19H,1H3. The Morgan fingerprint density at radius 2 is 1.79 bits per heavy atom. The fourth-order valence-electron chi connectivity index (χ4n) is 1.94. The maximum absolute atomic E-state index is 4.37. The molecule has 0 amide bonds. The van der Waals surface area contributed by atoms with Gasteiger partial charge in [0.15, 0.2) is 0 Å². The molecule has 0 fully saturated rings. The molecule has 4 heteroatoms. The van der Waals surface area contributed by atoms with Crippen molar-refractivity contribution in [2.75, 3.05) is 0 Å². The number of hydrogen-bond acceptors (Lipinski definition) is 3. The Morgan fingerprint density at radius 1 is 1.00 bits per heavy atom. The first-order chi connectivity index (χ1) is 9.24. The lowest BCUT2D eigenvalue weighted by Crippen LogP contribution is -1.97. The van der Waals surface area contributed by atoms with Gasteiger partial charge in [-0.15, -0.1) is 12.6 Å². The number of hydrogen-bond donors (Lipinski definition) is 1. The van der Waals surface area contributed by atoms with Crippen LogP contribution in [0.25, 0.3) is 17.1 Å². The molecule has 0 aliphatic rings. The average Bonchev–Trinajstić information content (AvgIpc) is 2.90. The minimum atomic E-state index is 0.839. The molecule has 0 N–H and O–H groups in total. The van der Waals surface area contributed by atoms with Crippen molar-refractivity contribution in [1.29, 1.82) is 0 Å². The first-order valence-electron chi connectivity index (χ1n) is 5.99. The van der Waals surface area contributed by atoms with Crippen LogP contribution in [0.15, 0.2) is 60.0 Å². The molecule has 0 saturated carbocycles. The van der Waals surface area contributed by atoms with Gasteiger partial charge < -0.3 is 0 Å². The highest BCUT2D eigenvalue weighted by Crippen LogP contribution is 2.22. The van der Waals surface area contributed by atoms with Crippen LogP contribution < -0.4 is 0 Å². The first-order valence-corrected chi connectivity index (χ1v) is 6.43. The van der Waals surface area contributed by atoms with Crippen molar-refractivity contribution < 1.29 is 0 Å². The lowest BCUT2D eigenvalue weighted by molar-refractivity contribution is 0.988. The highest BCUT2D eigenvalue weighted by atomic mass is 32.1. The number of aryl methyl sites for hydroxylation is 1. The third kappa shape index (κ3) is 2.39. The summed E-state index contributed by atoms with van der Waals surface area (Å²) < 4.78 is 1.97. The van der Waals surface area contributed by atoms with Crippen molar-refractivity contribution in [3.05, 3.63) is 60.7 Å². The van der Waals surface area contributed by atoms with Crippen molar-refractivity contribution in [3.63, 3.8) is 0 Å². The normalized spacial score (nSPS) is 10.6. The van der Waals surface area contributed by atoms with Crippen LogP contribution in [0.5, 0.6) is 0 Å². The molecule has 0 unspecified atom stereocenters. The smallest absolute Gasteiger partial charge is 0.138 e. The molecule has 0 aliphatic carbocycles. The van der Waals surface area contributed by atoms with Crippen LogP contribution in [-0.4, -0.2) is 14.5 Å². The quantitative estimate of drug-likeness (QED) is 0.720. The van der Waals surface area contributed by atoms with Crippen molar-refractivity contribution >= 4 is 12.6 Å². The Morgan fingerprint density at radius 3 is 2.47 bits per heavy atom. The van der Waals surface area contributed by atoms with Gasteiger partial charge in [0.25, 0.3) is 0 Å². The van der Waals surface area contributed by atoms with Crippen molar-refractivity contribution in [3.8, 4) is 17.1 Å². The van der Waals surface area contributed by atoms with Gasteiger partial charge in [0, 0.05) is 16.7 Å². The van der Waals surface area contributed by atoms with Crippen molar-refractivity contribution in [2.24, 2.45) is 0 Å². The number of aromatic nitrogens is 3. The van der Waals surface area contributed by atoms with Gasteiger partial charge in [-0.25, -0.2) is 9.97 Å². The van der Waals surface area contributed by atoms with Crippen LogP contribution in [0.4, 0.5) is 0 Å². The first kappa shape index (κ1) is 12.0. The number of imidazole rings is 1. The minimum absolute atomic E-state index is 0.839. The van der Waals surface area contributed by atoms with Crippen LogP contribution in [0.2, 0.25) is 0 Å². The van der Waals surface area contributed by atoms with Crippen LogP contribution >= 0.6 is 12.6 Å². The lowest BCUT2D eigenvalue weighted by Gasteiger charge is -2.07. The Bertz CT molecular complexity index is 624. The fourth-order valence-corrected chi connectivity index (χ4v) is 2.07. The van der Waals surface area contributed by atoms with E-state index < -0.39 is 0 Å². The lowest BCUT2D eigenvalue weighted by atomic mass is 10.1. The van der Waals surface area contributed by atoms with E-state index in [0.29, 0.717) is 0 Å². The molecule has 0 saturated heterocycles. The van der Waals surface area contributed by atoms with E-state index in [1.165, 1.54) is 5.56 Å². The van der Waals surface area contributed by atoms with Gasteiger partial charge in [-0.2, -0.15) is 0 Å². The maximum Gasteiger partial charge on any atom is 0.138 e. The highest BCUT2D eigenvalue weighted by molar-refractivity contribution is 7.80. The molecule has 0 aliphatic heterocycles. The van der Waals surface area contributed by atoms with Gasteiger partial charge in [-0.3, -0.25) is 4.57 Å². The summed E-state index contributed by atoms with van der Waals surface area (Å²) in [5.74, 6) is 0.839. The molecule has 3 aromatic rings. The summed E-state index contributed by atoms with van der Waals surface area (Å²) in [4.78, 5) is 9.44. The molecule has 2 aromatic heterocycles. The second kappa shape index (κ2) is 4.90. The second-order valence-electron chi connectivity index (χ2n) is 4.39. The third-order valence-corrected chi connectivity index (χ3v) is 3.23. The van der Waals surface area contributed by atoms with Crippen molar-refractivity contribution in [2.45, 2.75) is 11.8 Å². The molecule has 2 heterocycles. The molecule has 94 valence electrons. The largest absolute Gasteiger partial charge is 0.283 e. The molecular weight excluding hydrogens is 254 g/mol. The van der Waals surface area contributed by atoms with Gasteiger partial charge in [0.1, 0.15) is 12.1 Å². The topological polar surface area (TPSA) is 30.7 Å². The van der Waals surface area contributed by atoms with Gasteiger partial charge in [-0.1, -0.05) is 29.8 Å². The number of benzene rings is 1. The maximum atomic E-state index is 4.37. The summed E-state index contributed by atoms with van der Waals surface area (Å²) in [5.41, 5.74) is 3.40. The summed E-state index contributed by atoms with van der Waals surface area (Å²) in [5, 5.41) is 0. The summed E-state index contributed by atoms with van der Waals surface area (Å²) in [6.45, 7) is 2.08. The molecule has 3 rings (SSSR count). The van der Waals surface area contributed by atoms with Crippen LogP contribution in [0.1, 0.15) is 5.56 Å². The number of rotatable bonds is 2. The van der Waals surface area contributed by atoms with Crippen LogP contribution in [0, 0.1) is 6.92 Å². The van der Waals surface area contributed by atoms with Gasteiger partial charge in [0.2, 0.25) is 0 Å². The number of pyridine rings is 1. The van der Waals surface area contributed by atoms with Gasteiger partial charge >= 0.3 is 0 Å². The molecule has 0 radical (unpaired) electrons. The Hall–Kier alpha value is -2.07. The minimum Gasteiger partial charge on any atom is -0.283 e. The Labute approximate surface area is 117 Å². The zero-order valence-corrected chi connectivity index (χ0v) is 11.4. The van der Waals surface area contributed by atoms with Gasteiger partial charge in [-0.05, 0) is 19.1 Å². The average molecular weight is 267 g/mol. The zero-order chi connectivity index (χ0) is 13.2. The zero-order valence-electron chi connectivity index (χ0n) is 10.5. The SMILES string of the molecule is Cc1ccc(-c2cncn2-c2ccc(S)cn2)cc1. The highest BCUT2D eigenvalue weighted by Gasteiger charge is 2.07. The number of thiol groups is 1. The Balaban J connectivity index is 2.07. The van der Waals surface area contributed by atoms with Crippen LogP contribution in [-0.2, 0) is 0 Å². The molecule has 1 aromatic carbocycles. The molecule has 0 bridgehead atoms. The summed E-state index contributed by atoms with van der Waals surface area (Å²) >= 11 is 4.25. The predicted molar refractivity (Wildman–Crippen MR) is 78.8 cm³/mol. The molecule has 3 nitrogen and oxygen atoms in total. The van der Waals surface area contributed by atoms with E-state index in [4.69, 9.17) is 0 Å². The van der Waals surface area contributed by atoms with E-state index in [9.17, 15) is 0 Å². The summed E-state index contributed by atoms with van der Waals surface area (Å²) in [7, 11) is 0. The monoisotopic (exact) mass is 267 g/mol. The molecule has 19 heavy (non-hydrogen) atoms. The third-order valence-electron chi connectivity index (χ3n) is 2.96. The molecule has 0 spiro atoms. The van der Waals surface area contributed by atoms with E-state index in [1.54, 1.807) is 12.5 Å². The molecule has 0 atom stereocenters. The second-order valence-corrected chi connectivity index (χ2v) is 4.91. The van der Waals surface area contributed by atoms with E-state index in [-0.39, 0.29) is 0 Å². The Kier molecular flexibility index (Phi) is 3.09. The summed E-state index contributed by atoms with van der Waals surface area (Å²) in [6.07, 6.45) is 5.36. The number of nitrogens with zero attached hydrogens (tertiary/aromatic N) is 3.